The molecule has 3 aliphatic rings. The zero-order valence-corrected chi connectivity index (χ0v) is 11.1. The quantitative estimate of drug-likeness (QED) is 0.881. The van der Waals surface area contributed by atoms with Crippen LogP contribution in [0.2, 0.25) is 0 Å². The smallest absolute Gasteiger partial charge is 0.129 e. The first kappa shape index (κ1) is 11.9. The number of hydrogen-bond donors (Lipinski definition) is 1. The second kappa shape index (κ2) is 5.22. The molecule has 1 aromatic rings. The van der Waals surface area contributed by atoms with E-state index >= 15 is 0 Å². The Balaban J connectivity index is 1.67. The maximum Gasteiger partial charge on any atom is 0.129 e. The summed E-state index contributed by atoms with van der Waals surface area (Å²) in [5.74, 6) is 1.84. The molecule has 4 rings (SSSR count). The molecule has 1 aromatic heterocycles. The molecule has 0 spiro atoms. The van der Waals surface area contributed by atoms with Gasteiger partial charge in [0.15, 0.2) is 0 Å². The molecule has 1 unspecified atom stereocenters. The summed E-state index contributed by atoms with van der Waals surface area (Å²) in [5, 5.41) is 3.62. The number of fused-ring (bicyclic) bond motifs is 3. The summed E-state index contributed by atoms with van der Waals surface area (Å²) in [6.45, 7) is 5.93. The largest absolute Gasteiger partial charge is 0.366 e. The van der Waals surface area contributed by atoms with Crippen LogP contribution in [0.1, 0.15) is 31.9 Å². The van der Waals surface area contributed by atoms with Gasteiger partial charge < -0.3 is 10.2 Å². The van der Waals surface area contributed by atoms with Crippen molar-refractivity contribution >= 4 is 5.82 Å². The van der Waals surface area contributed by atoms with Gasteiger partial charge in [0, 0.05) is 24.3 Å². The highest BCUT2D eigenvalue weighted by atomic mass is 15.2. The minimum Gasteiger partial charge on any atom is -0.366 e. The molecule has 4 nitrogen and oxygen atoms in total. The van der Waals surface area contributed by atoms with Gasteiger partial charge in [0.2, 0.25) is 0 Å². The Morgan fingerprint density at radius 1 is 1.33 bits per heavy atom. The van der Waals surface area contributed by atoms with Gasteiger partial charge >= 0.3 is 0 Å². The maximum atomic E-state index is 4.36. The molecule has 18 heavy (non-hydrogen) atoms. The molecule has 1 N–H and O–H groups in total. The molecule has 4 heterocycles. The monoisotopic (exact) mass is 246 g/mol. The summed E-state index contributed by atoms with van der Waals surface area (Å²) < 4.78 is 0. The highest BCUT2D eigenvalue weighted by Gasteiger charge is 2.34. The van der Waals surface area contributed by atoms with Crippen LogP contribution in [0.3, 0.4) is 0 Å². The lowest BCUT2D eigenvalue weighted by molar-refractivity contribution is 0.0974. The molecule has 0 radical (unpaired) electrons. The molecule has 0 aromatic carbocycles. The number of nitrogens with zero attached hydrogens (tertiary/aromatic N) is 3. The Labute approximate surface area is 109 Å². The summed E-state index contributed by atoms with van der Waals surface area (Å²) in [5.41, 5.74) is 1.15. The Hall–Kier alpha value is -1.16. The average molecular weight is 246 g/mol. The average Bonchev–Trinajstić information content (AvgIpc) is 2.41. The van der Waals surface area contributed by atoms with Crippen molar-refractivity contribution < 1.29 is 0 Å². The third-order valence-corrected chi connectivity index (χ3v) is 4.22. The number of anilines is 1. The van der Waals surface area contributed by atoms with Crippen LogP contribution in [0.4, 0.5) is 5.82 Å². The molecule has 3 fully saturated rings. The molecule has 3 aliphatic heterocycles. The van der Waals surface area contributed by atoms with Gasteiger partial charge in [0.1, 0.15) is 12.1 Å². The van der Waals surface area contributed by atoms with Crippen molar-refractivity contribution in [2.24, 2.45) is 5.92 Å². The van der Waals surface area contributed by atoms with E-state index in [9.17, 15) is 0 Å². The normalized spacial score (nSPS) is 30.4. The van der Waals surface area contributed by atoms with E-state index in [2.05, 4.69) is 33.2 Å². The number of piperidine rings is 3. The third kappa shape index (κ3) is 2.48. The first-order chi connectivity index (χ1) is 8.85. The van der Waals surface area contributed by atoms with Crippen molar-refractivity contribution in [2.45, 2.75) is 38.6 Å². The fraction of sp³-hybridized carbons (Fsp3) is 0.714. The lowest BCUT2D eigenvalue weighted by Crippen LogP contribution is -2.53. The van der Waals surface area contributed by atoms with Gasteiger partial charge in [0.05, 0.1) is 0 Å². The van der Waals surface area contributed by atoms with Gasteiger partial charge in [-0.25, -0.2) is 9.97 Å². The van der Waals surface area contributed by atoms with E-state index in [1.165, 1.54) is 32.5 Å². The van der Waals surface area contributed by atoms with Gasteiger partial charge in [-0.1, -0.05) is 13.3 Å². The molecule has 0 saturated carbocycles. The number of aryl methyl sites for hydroxylation is 1. The summed E-state index contributed by atoms with van der Waals surface area (Å²) >= 11 is 0. The second-order valence-electron chi connectivity index (χ2n) is 5.53. The molecule has 2 bridgehead atoms. The minimum atomic E-state index is 0.580. The molecule has 98 valence electrons. The van der Waals surface area contributed by atoms with Gasteiger partial charge in [-0.15, -0.1) is 0 Å². The molecular weight excluding hydrogens is 224 g/mol. The van der Waals surface area contributed by atoms with Crippen LogP contribution in [-0.2, 0) is 6.42 Å². The van der Waals surface area contributed by atoms with Crippen LogP contribution in [-0.4, -0.2) is 40.5 Å². The SMILES string of the molecule is CCCc1cc(NC2CN3CCC2CC3)ncn1. The van der Waals surface area contributed by atoms with E-state index in [4.69, 9.17) is 0 Å². The fourth-order valence-electron chi connectivity index (χ4n) is 3.19. The van der Waals surface area contributed by atoms with Crippen LogP contribution in [0.25, 0.3) is 0 Å². The molecule has 3 saturated heterocycles. The van der Waals surface area contributed by atoms with Crippen LogP contribution >= 0.6 is 0 Å². The minimum absolute atomic E-state index is 0.580. The standard InChI is InChI=1S/C14H22N4/c1-2-3-12-8-14(16-10-15-12)17-13-9-18-6-4-11(13)5-7-18/h8,10-11,13H,2-7,9H2,1H3,(H,15,16,17). The second-order valence-corrected chi connectivity index (χ2v) is 5.53. The van der Waals surface area contributed by atoms with E-state index in [0.29, 0.717) is 6.04 Å². The first-order valence-electron chi connectivity index (χ1n) is 7.15. The molecule has 0 amide bonds. The van der Waals surface area contributed by atoms with Gasteiger partial charge in [-0.2, -0.15) is 0 Å². The lowest BCUT2D eigenvalue weighted by Gasteiger charge is -2.45. The Kier molecular flexibility index (Phi) is 3.46. The Morgan fingerprint density at radius 3 is 2.83 bits per heavy atom. The summed E-state index contributed by atoms with van der Waals surface area (Å²) in [4.78, 5) is 11.2. The van der Waals surface area contributed by atoms with Crippen LogP contribution < -0.4 is 5.32 Å². The van der Waals surface area contributed by atoms with Crippen molar-refractivity contribution in [3.63, 3.8) is 0 Å². The molecule has 4 heteroatoms. The summed E-state index contributed by atoms with van der Waals surface area (Å²) in [6.07, 6.45) is 6.54. The topological polar surface area (TPSA) is 41.0 Å². The van der Waals surface area contributed by atoms with Gasteiger partial charge in [-0.3, -0.25) is 0 Å². The lowest BCUT2D eigenvalue weighted by atomic mass is 9.84. The van der Waals surface area contributed by atoms with Gasteiger partial charge in [0.25, 0.3) is 0 Å². The highest BCUT2D eigenvalue weighted by Crippen LogP contribution is 2.29. The number of aromatic nitrogens is 2. The summed E-state index contributed by atoms with van der Waals surface area (Å²) in [7, 11) is 0. The predicted molar refractivity (Wildman–Crippen MR) is 72.6 cm³/mol. The van der Waals surface area contributed by atoms with E-state index in [1.807, 2.05) is 0 Å². The van der Waals surface area contributed by atoms with E-state index < -0.39 is 0 Å². The van der Waals surface area contributed by atoms with Gasteiger partial charge in [-0.05, 0) is 38.3 Å². The third-order valence-electron chi connectivity index (χ3n) is 4.22. The van der Waals surface area contributed by atoms with Crippen molar-refractivity contribution in [1.29, 1.82) is 0 Å². The molecular formula is C14H22N4. The molecule has 1 atom stereocenters. The van der Waals surface area contributed by atoms with Crippen LogP contribution in [0.5, 0.6) is 0 Å². The Bertz CT molecular complexity index is 399. The zero-order valence-electron chi connectivity index (χ0n) is 11.1. The zero-order chi connectivity index (χ0) is 12.4. The maximum absolute atomic E-state index is 4.36. The van der Waals surface area contributed by atoms with E-state index in [0.717, 1.165) is 30.3 Å². The van der Waals surface area contributed by atoms with Crippen molar-refractivity contribution in [1.82, 2.24) is 14.9 Å². The summed E-state index contributed by atoms with van der Waals surface area (Å²) in [6, 6.07) is 2.69. The Morgan fingerprint density at radius 2 is 2.17 bits per heavy atom. The van der Waals surface area contributed by atoms with Crippen molar-refractivity contribution in [3.8, 4) is 0 Å². The van der Waals surface area contributed by atoms with Crippen molar-refractivity contribution in [3.05, 3.63) is 18.1 Å². The number of nitrogens with one attached hydrogen (secondary N) is 1. The fourth-order valence-corrected chi connectivity index (χ4v) is 3.19. The van der Waals surface area contributed by atoms with Crippen LogP contribution in [0, 0.1) is 5.92 Å². The first-order valence-corrected chi connectivity index (χ1v) is 7.15. The van der Waals surface area contributed by atoms with Crippen molar-refractivity contribution in [2.75, 3.05) is 25.0 Å². The van der Waals surface area contributed by atoms with E-state index in [-0.39, 0.29) is 0 Å². The predicted octanol–water partition coefficient (Wildman–Crippen LogP) is 1.94. The number of hydrogen-bond acceptors (Lipinski definition) is 4. The van der Waals surface area contributed by atoms with Crippen LogP contribution in [0.15, 0.2) is 12.4 Å². The van der Waals surface area contributed by atoms with E-state index in [1.54, 1.807) is 6.33 Å². The highest BCUT2D eigenvalue weighted by molar-refractivity contribution is 5.36. The number of rotatable bonds is 4. The molecule has 0 aliphatic carbocycles.